The molecule has 3 heterocycles. The zero-order chi connectivity index (χ0) is 23.1. The molecule has 3 aromatic carbocycles. The van der Waals surface area contributed by atoms with Gasteiger partial charge in [0.15, 0.2) is 11.5 Å². The number of nitrogens with one attached hydrogen (secondary N) is 1. The van der Waals surface area contributed by atoms with Gasteiger partial charge in [-0.1, -0.05) is 30.3 Å². The van der Waals surface area contributed by atoms with E-state index in [2.05, 4.69) is 46.3 Å². The van der Waals surface area contributed by atoms with E-state index in [1.165, 1.54) is 33.3 Å². The number of ether oxygens (including phenoxy) is 3. The van der Waals surface area contributed by atoms with Crippen molar-refractivity contribution in [3.05, 3.63) is 88.6 Å². The van der Waals surface area contributed by atoms with Crippen LogP contribution >= 0.6 is 0 Å². The minimum atomic E-state index is 0.337. The third kappa shape index (κ3) is 3.70. The van der Waals surface area contributed by atoms with Gasteiger partial charge in [-0.05, 0) is 72.4 Å². The second kappa shape index (κ2) is 8.73. The predicted octanol–water partition coefficient (Wildman–Crippen LogP) is 5.81. The van der Waals surface area contributed by atoms with Crippen molar-refractivity contribution in [2.75, 3.05) is 20.3 Å². The number of rotatable bonds is 6. The molecule has 0 radical (unpaired) electrons. The Bertz CT molecular complexity index is 1330. The largest absolute Gasteiger partial charge is 0.497 e. The summed E-state index contributed by atoms with van der Waals surface area (Å²) in [5, 5.41) is 1.27. The number of H-pyrrole nitrogens is 1. The number of benzene rings is 3. The van der Waals surface area contributed by atoms with E-state index >= 15 is 0 Å². The highest BCUT2D eigenvalue weighted by Gasteiger charge is 2.34. The van der Waals surface area contributed by atoms with Crippen LogP contribution in [0.4, 0.5) is 0 Å². The summed E-state index contributed by atoms with van der Waals surface area (Å²) in [4.78, 5) is 6.25. The Morgan fingerprint density at radius 1 is 1.00 bits per heavy atom. The van der Waals surface area contributed by atoms with Gasteiger partial charge in [-0.25, -0.2) is 0 Å². The molecule has 4 aromatic rings. The molecular formula is C29H30N2O3. The number of aromatic nitrogens is 1. The van der Waals surface area contributed by atoms with Gasteiger partial charge < -0.3 is 19.2 Å². The lowest BCUT2D eigenvalue weighted by molar-refractivity contribution is 0.158. The van der Waals surface area contributed by atoms with Gasteiger partial charge in [0.25, 0.3) is 0 Å². The third-order valence-corrected chi connectivity index (χ3v) is 7.17. The summed E-state index contributed by atoms with van der Waals surface area (Å²) in [6.07, 6.45) is 1.99. The molecule has 174 valence electrons. The second-order valence-corrected chi connectivity index (χ2v) is 9.14. The van der Waals surface area contributed by atoms with E-state index in [1.807, 2.05) is 31.2 Å². The molecule has 34 heavy (non-hydrogen) atoms. The molecule has 5 heteroatoms. The molecule has 2 aliphatic heterocycles. The van der Waals surface area contributed by atoms with Gasteiger partial charge in [0.1, 0.15) is 12.4 Å². The number of methoxy groups -OCH3 is 1. The van der Waals surface area contributed by atoms with Gasteiger partial charge in [0, 0.05) is 35.7 Å². The second-order valence-electron chi connectivity index (χ2n) is 9.14. The fourth-order valence-corrected chi connectivity index (χ4v) is 5.48. The maximum absolute atomic E-state index is 6.25. The number of fused-ring (bicyclic) bond motifs is 6. The SMILES string of the molecule is CCOc1cc2c(cc1OCc1ccccc1)CCN1Cc3[nH]c4ccc(OC)cc4c3C[C@@H]21. The molecule has 0 bridgehead atoms. The molecule has 0 amide bonds. The summed E-state index contributed by atoms with van der Waals surface area (Å²) in [6, 6.07) is 21.4. The molecule has 1 N–H and O–H groups in total. The lowest BCUT2D eigenvalue weighted by Gasteiger charge is -2.40. The van der Waals surface area contributed by atoms with Gasteiger partial charge >= 0.3 is 0 Å². The highest BCUT2D eigenvalue weighted by atomic mass is 16.5. The summed E-state index contributed by atoms with van der Waals surface area (Å²) in [7, 11) is 1.73. The molecular weight excluding hydrogens is 424 g/mol. The van der Waals surface area contributed by atoms with Crippen molar-refractivity contribution in [2.45, 2.75) is 39.0 Å². The van der Waals surface area contributed by atoms with E-state index in [9.17, 15) is 0 Å². The van der Waals surface area contributed by atoms with Crippen LogP contribution in [0.1, 0.15) is 40.9 Å². The van der Waals surface area contributed by atoms with Crippen molar-refractivity contribution in [1.82, 2.24) is 9.88 Å². The molecule has 1 aromatic heterocycles. The van der Waals surface area contributed by atoms with E-state index in [1.54, 1.807) is 7.11 Å². The molecule has 0 fully saturated rings. The zero-order valence-corrected chi connectivity index (χ0v) is 19.8. The number of hydrogen-bond donors (Lipinski definition) is 1. The lowest BCUT2D eigenvalue weighted by atomic mass is 9.85. The summed E-state index contributed by atoms with van der Waals surface area (Å²) in [6.45, 7) is 5.16. The maximum atomic E-state index is 6.25. The van der Waals surface area contributed by atoms with Crippen molar-refractivity contribution in [2.24, 2.45) is 0 Å². The van der Waals surface area contributed by atoms with Gasteiger partial charge in [-0.3, -0.25) is 4.90 Å². The summed E-state index contributed by atoms with van der Waals surface area (Å²) in [5.41, 5.74) is 7.81. The molecule has 6 rings (SSSR count). The number of hydrogen-bond acceptors (Lipinski definition) is 4. The van der Waals surface area contributed by atoms with Crippen LogP contribution in [-0.2, 0) is 26.0 Å². The van der Waals surface area contributed by atoms with Crippen LogP contribution in [0, 0.1) is 0 Å². The molecule has 0 saturated heterocycles. The smallest absolute Gasteiger partial charge is 0.161 e. The maximum Gasteiger partial charge on any atom is 0.161 e. The molecule has 0 unspecified atom stereocenters. The van der Waals surface area contributed by atoms with E-state index in [-0.39, 0.29) is 0 Å². The summed E-state index contributed by atoms with van der Waals surface area (Å²) in [5.74, 6) is 2.58. The molecule has 2 aliphatic rings. The van der Waals surface area contributed by atoms with Crippen molar-refractivity contribution in [3.8, 4) is 17.2 Å². The minimum Gasteiger partial charge on any atom is -0.497 e. The van der Waals surface area contributed by atoms with E-state index in [4.69, 9.17) is 14.2 Å². The normalized spacial score (nSPS) is 17.1. The zero-order valence-electron chi connectivity index (χ0n) is 19.8. The Morgan fingerprint density at radius 3 is 2.68 bits per heavy atom. The quantitative estimate of drug-likeness (QED) is 0.399. The van der Waals surface area contributed by atoms with Crippen LogP contribution in [0.3, 0.4) is 0 Å². The first-order chi connectivity index (χ1) is 16.7. The van der Waals surface area contributed by atoms with E-state index < -0.39 is 0 Å². The molecule has 0 saturated carbocycles. The molecule has 1 atom stereocenters. The monoisotopic (exact) mass is 454 g/mol. The van der Waals surface area contributed by atoms with Gasteiger partial charge in [-0.15, -0.1) is 0 Å². The predicted molar refractivity (Wildman–Crippen MR) is 134 cm³/mol. The highest BCUT2D eigenvalue weighted by molar-refractivity contribution is 5.86. The molecule has 5 nitrogen and oxygen atoms in total. The van der Waals surface area contributed by atoms with Crippen molar-refractivity contribution < 1.29 is 14.2 Å². The lowest BCUT2D eigenvalue weighted by Crippen LogP contribution is -2.39. The first kappa shape index (κ1) is 21.1. The Morgan fingerprint density at radius 2 is 1.85 bits per heavy atom. The van der Waals surface area contributed by atoms with Gasteiger partial charge in [-0.2, -0.15) is 0 Å². The number of aromatic amines is 1. The first-order valence-electron chi connectivity index (χ1n) is 12.1. The fraction of sp³-hybridized carbons (Fsp3) is 0.310. The van der Waals surface area contributed by atoms with Crippen LogP contribution in [0.15, 0.2) is 60.7 Å². The first-order valence-corrected chi connectivity index (χ1v) is 12.1. The molecule has 0 spiro atoms. The standard InChI is InChI=1S/C29H30N2O3/c1-3-33-29-16-22-20(13-28(29)34-18-19-7-5-4-6-8-19)11-12-31-17-26-24(15-27(22)31)23-14-21(32-2)9-10-25(23)30-26/h4-10,13-14,16,27,30H,3,11-12,15,17-18H2,1-2H3/t27-/m0/s1. The highest BCUT2D eigenvalue weighted by Crippen LogP contribution is 2.44. The van der Waals surface area contributed by atoms with E-state index in [0.29, 0.717) is 19.3 Å². The average molecular weight is 455 g/mol. The number of nitrogens with zero attached hydrogens (tertiary/aromatic N) is 1. The Balaban J connectivity index is 1.34. The Kier molecular flexibility index (Phi) is 5.42. The summed E-state index contributed by atoms with van der Waals surface area (Å²) < 4.78 is 17.8. The average Bonchev–Trinajstić information content (AvgIpc) is 3.23. The van der Waals surface area contributed by atoms with Crippen LogP contribution in [0.5, 0.6) is 17.2 Å². The molecule has 0 aliphatic carbocycles. The third-order valence-electron chi connectivity index (χ3n) is 7.17. The van der Waals surface area contributed by atoms with Gasteiger partial charge in [0.2, 0.25) is 0 Å². The van der Waals surface area contributed by atoms with Crippen LogP contribution in [-0.4, -0.2) is 30.1 Å². The summed E-state index contributed by atoms with van der Waals surface area (Å²) >= 11 is 0. The van der Waals surface area contributed by atoms with Crippen molar-refractivity contribution in [3.63, 3.8) is 0 Å². The van der Waals surface area contributed by atoms with Crippen molar-refractivity contribution in [1.29, 1.82) is 0 Å². The fourth-order valence-electron chi connectivity index (χ4n) is 5.48. The van der Waals surface area contributed by atoms with Crippen molar-refractivity contribution >= 4 is 10.9 Å². The van der Waals surface area contributed by atoms with Crippen LogP contribution < -0.4 is 14.2 Å². The topological polar surface area (TPSA) is 46.7 Å². The Hall–Kier alpha value is -3.44. The van der Waals surface area contributed by atoms with Crippen LogP contribution in [0.2, 0.25) is 0 Å². The van der Waals surface area contributed by atoms with Gasteiger partial charge in [0.05, 0.1) is 13.7 Å². The minimum absolute atomic E-state index is 0.337. The Labute approximate surface area is 200 Å². The van der Waals surface area contributed by atoms with E-state index in [0.717, 1.165) is 48.7 Å². The van der Waals surface area contributed by atoms with Crippen LogP contribution in [0.25, 0.3) is 10.9 Å².